The van der Waals surface area contributed by atoms with Gasteiger partial charge in [0.25, 0.3) is 5.91 Å². The van der Waals surface area contributed by atoms with Crippen molar-refractivity contribution in [3.05, 3.63) is 29.1 Å². The van der Waals surface area contributed by atoms with Crippen LogP contribution in [0.3, 0.4) is 0 Å². The van der Waals surface area contributed by atoms with Crippen molar-refractivity contribution in [2.24, 2.45) is 0 Å². The van der Waals surface area contributed by atoms with Gasteiger partial charge in [0.15, 0.2) is 0 Å². The molecule has 0 bridgehead atoms. The fourth-order valence-corrected chi connectivity index (χ4v) is 4.60. The van der Waals surface area contributed by atoms with Gasteiger partial charge in [-0.2, -0.15) is 0 Å². The standard InChI is InChI=1S/C17H24N4O2/c1-20-5-2-4-17(20)8-14(9-17)21-6-3-12-7-13(16(22)19-23)10-18-15(12)11-21/h7,10,14,23H,2-6,8-9,11H2,1H3,(H,19,22). The molecule has 1 saturated heterocycles. The van der Waals surface area contributed by atoms with E-state index >= 15 is 0 Å². The average Bonchev–Trinajstić information content (AvgIpc) is 2.93. The van der Waals surface area contributed by atoms with Crippen molar-refractivity contribution in [2.45, 2.75) is 50.2 Å². The first-order chi connectivity index (χ1) is 11.1. The molecule has 0 atom stereocenters. The van der Waals surface area contributed by atoms with Crippen LogP contribution in [0.4, 0.5) is 0 Å². The maximum Gasteiger partial charge on any atom is 0.276 e. The molecule has 6 heteroatoms. The van der Waals surface area contributed by atoms with Crippen molar-refractivity contribution in [1.82, 2.24) is 20.3 Å². The van der Waals surface area contributed by atoms with Gasteiger partial charge >= 0.3 is 0 Å². The van der Waals surface area contributed by atoms with Gasteiger partial charge in [-0.15, -0.1) is 0 Å². The summed E-state index contributed by atoms with van der Waals surface area (Å²) in [5.41, 5.74) is 4.78. The first-order valence-corrected chi connectivity index (χ1v) is 8.49. The molecule has 124 valence electrons. The summed E-state index contributed by atoms with van der Waals surface area (Å²) in [4.78, 5) is 21.1. The minimum absolute atomic E-state index is 0.426. The van der Waals surface area contributed by atoms with E-state index in [0.717, 1.165) is 30.8 Å². The quantitative estimate of drug-likeness (QED) is 0.633. The summed E-state index contributed by atoms with van der Waals surface area (Å²) in [7, 11) is 2.27. The van der Waals surface area contributed by atoms with Gasteiger partial charge in [0.05, 0.1) is 11.3 Å². The Kier molecular flexibility index (Phi) is 3.63. The number of hydroxylamine groups is 1. The van der Waals surface area contributed by atoms with Gasteiger partial charge in [-0.3, -0.25) is 19.9 Å². The molecule has 0 unspecified atom stereocenters. The molecule has 3 heterocycles. The highest BCUT2D eigenvalue weighted by molar-refractivity contribution is 5.93. The Morgan fingerprint density at radius 1 is 1.43 bits per heavy atom. The van der Waals surface area contributed by atoms with E-state index in [2.05, 4.69) is 21.8 Å². The molecule has 1 aromatic rings. The number of rotatable bonds is 2. The molecule has 1 spiro atoms. The lowest BCUT2D eigenvalue weighted by Gasteiger charge is -2.54. The molecular weight excluding hydrogens is 292 g/mol. The van der Waals surface area contributed by atoms with E-state index in [-0.39, 0.29) is 0 Å². The molecule has 1 saturated carbocycles. The number of carbonyl (C=O) groups is 1. The molecule has 6 nitrogen and oxygen atoms in total. The molecule has 2 fully saturated rings. The number of aromatic nitrogens is 1. The van der Waals surface area contributed by atoms with Crippen LogP contribution >= 0.6 is 0 Å². The maximum atomic E-state index is 11.5. The van der Waals surface area contributed by atoms with Crippen LogP contribution in [0.5, 0.6) is 0 Å². The summed E-state index contributed by atoms with van der Waals surface area (Å²) in [6, 6.07) is 2.53. The van der Waals surface area contributed by atoms with E-state index in [0.29, 0.717) is 17.1 Å². The largest absolute Gasteiger partial charge is 0.301 e. The van der Waals surface area contributed by atoms with Crippen LogP contribution in [0.25, 0.3) is 0 Å². The number of carbonyl (C=O) groups excluding carboxylic acids is 1. The third-order valence-electron chi connectivity index (χ3n) is 6.14. The van der Waals surface area contributed by atoms with Gasteiger partial charge in [-0.25, -0.2) is 5.48 Å². The molecule has 2 aliphatic heterocycles. The number of pyridine rings is 1. The molecule has 4 rings (SSSR count). The zero-order chi connectivity index (χ0) is 16.0. The predicted octanol–water partition coefficient (Wildman–Crippen LogP) is 1.19. The van der Waals surface area contributed by atoms with Crippen LogP contribution in [-0.4, -0.2) is 57.6 Å². The van der Waals surface area contributed by atoms with E-state index in [1.165, 1.54) is 32.2 Å². The second kappa shape index (κ2) is 5.54. The summed E-state index contributed by atoms with van der Waals surface area (Å²) < 4.78 is 0. The highest BCUT2D eigenvalue weighted by Crippen LogP contribution is 2.47. The van der Waals surface area contributed by atoms with Gasteiger partial charge < -0.3 is 4.90 Å². The first-order valence-electron chi connectivity index (χ1n) is 8.49. The average molecular weight is 316 g/mol. The van der Waals surface area contributed by atoms with Crippen molar-refractivity contribution >= 4 is 5.91 Å². The van der Waals surface area contributed by atoms with Crippen LogP contribution in [0.1, 0.15) is 47.3 Å². The lowest BCUT2D eigenvalue weighted by molar-refractivity contribution is -0.0211. The third kappa shape index (κ3) is 2.45. The Morgan fingerprint density at radius 3 is 2.96 bits per heavy atom. The monoisotopic (exact) mass is 316 g/mol. The number of amides is 1. The molecule has 23 heavy (non-hydrogen) atoms. The zero-order valence-corrected chi connectivity index (χ0v) is 13.6. The van der Waals surface area contributed by atoms with Crippen molar-refractivity contribution in [3.63, 3.8) is 0 Å². The Bertz CT molecular complexity index is 627. The first kappa shape index (κ1) is 15.1. The molecule has 2 N–H and O–H groups in total. The van der Waals surface area contributed by atoms with Crippen molar-refractivity contribution in [2.75, 3.05) is 20.1 Å². The van der Waals surface area contributed by atoms with Crippen LogP contribution in [0.2, 0.25) is 0 Å². The molecule has 3 aliphatic rings. The molecule has 1 amide bonds. The highest BCUT2D eigenvalue weighted by atomic mass is 16.5. The summed E-state index contributed by atoms with van der Waals surface area (Å²) in [6.45, 7) is 3.15. The van der Waals surface area contributed by atoms with E-state index in [4.69, 9.17) is 5.21 Å². The van der Waals surface area contributed by atoms with Crippen LogP contribution < -0.4 is 5.48 Å². The second-order valence-electron chi connectivity index (χ2n) is 7.30. The number of nitrogens with one attached hydrogen (secondary N) is 1. The maximum absolute atomic E-state index is 11.5. The fraction of sp³-hybridized carbons (Fsp3) is 0.647. The predicted molar refractivity (Wildman–Crippen MR) is 85.2 cm³/mol. The van der Waals surface area contributed by atoms with E-state index in [9.17, 15) is 4.79 Å². The van der Waals surface area contributed by atoms with E-state index in [1.807, 2.05) is 6.07 Å². The lowest BCUT2D eigenvalue weighted by Crippen LogP contribution is -2.60. The summed E-state index contributed by atoms with van der Waals surface area (Å²) >= 11 is 0. The number of hydrogen-bond acceptors (Lipinski definition) is 5. The van der Waals surface area contributed by atoms with E-state index < -0.39 is 5.91 Å². The fourth-order valence-electron chi connectivity index (χ4n) is 4.60. The van der Waals surface area contributed by atoms with E-state index in [1.54, 1.807) is 11.7 Å². The zero-order valence-electron chi connectivity index (χ0n) is 13.6. The Hall–Kier alpha value is -1.50. The summed E-state index contributed by atoms with van der Waals surface area (Å²) in [6.07, 6.45) is 7.73. The lowest BCUT2D eigenvalue weighted by atomic mass is 9.70. The smallest absolute Gasteiger partial charge is 0.276 e. The van der Waals surface area contributed by atoms with Crippen molar-refractivity contribution < 1.29 is 10.0 Å². The van der Waals surface area contributed by atoms with Crippen molar-refractivity contribution in [1.29, 1.82) is 0 Å². The minimum Gasteiger partial charge on any atom is -0.301 e. The number of hydrogen-bond donors (Lipinski definition) is 2. The van der Waals surface area contributed by atoms with Gasteiger partial charge in [-0.1, -0.05) is 0 Å². The van der Waals surface area contributed by atoms with Crippen LogP contribution in [0, 0.1) is 0 Å². The van der Waals surface area contributed by atoms with Gasteiger partial charge in [0.2, 0.25) is 0 Å². The highest BCUT2D eigenvalue weighted by Gasteiger charge is 2.51. The number of likely N-dealkylation sites (tertiary alicyclic amines) is 1. The number of nitrogens with zero attached hydrogens (tertiary/aromatic N) is 3. The van der Waals surface area contributed by atoms with Crippen LogP contribution in [0.15, 0.2) is 12.3 Å². The normalized spacial score (nSPS) is 31.0. The molecule has 1 aliphatic carbocycles. The molecular formula is C17H24N4O2. The van der Waals surface area contributed by atoms with Gasteiger partial charge in [0.1, 0.15) is 0 Å². The second-order valence-corrected chi connectivity index (χ2v) is 7.30. The molecule has 1 aromatic heterocycles. The topological polar surface area (TPSA) is 68.7 Å². The Labute approximate surface area is 136 Å². The van der Waals surface area contributed by atoms with Gasteiger partial charge in [-0.05, 0) is 57.3 Å². The van der Waals surface area contributed by atoms with Gasteiger partial charge in [0, 0.05) is 30.9 Å². The number of fused-ring (bicyclic) bond motifs is 1. The third-order valence-corrected chi connectivity index (χ3v) is 6.14. The summed E-state index contributed by atoms with van der Waals surface area (Å²) in [5, 5.41) is 8.73. The molecule has 0 aromatic carbocycles. The summed E-state index contributed by atoms with van der Waals surface area (Å²) in [5.74, 6) is -0.493. The van der Waals surface area contributed by atoms with Crippen molar-refractivity contribution in [3.8, 4) is 0 Å². The Balaban J connectivity index is 1.43. The van der Waals surface area contributed by atoms with Crippen LogP contribution in [-0.2, 0) is 13.0 Å². The minimum atomic E-state index is -0.493. The SMILES string of the molecule is CN1CCCC12CC(N1CCc3cc(C(=O)NO)cnc3C1)C2. The molecule has 0 radical (unpaired) electrons. The Morgan fingerprint density at radius 2 is 2.26 bits per heavy atom.